The maximum absolute atomic E-state index is 11.4. The van der Waals surface area contributed by atoms with Gasteiger partial charge in [0.25, 0.3) is 0 Å². The summed E-state index contributed by atoms with van der Waals surface area (Å²) in [4.78, 5) is 19.2. The van der Waals surface area contributed by atoms with Gasteiger partial charge in [-0.1, -0.05) is 6.07 Å². The molecule has 0 fully saturated rings. The van der Waals surface area contributed by atoms with Gasteiger partial charge in [-0.2, -0.15) is 0 Å². The van der Waals surface area contributed by atoms with E-state index in [1.54, 1.807) is 30.5 Å². The molecule has 0 radical (unpaired) electrons. The molecule has 19 heavy (non-hydrogen) atoms. The summed E-state index contributed by atoms with van der Waals surface area (Å²) in [7, 11) is 2.02. The van der Waals surface area contributed by atoms with E-state index in [1.807, 2.05) is 13.1 Å². The van der Waals surface area contributed by atoms with Crippen molar-refractivity contribution in [1.29, 1.82) is 0 Å². The molecule has 2 aromatic rings. The number of carbonyl (C=O) groups is 1. The molecule has 0 aliphatic carbocycles. The van der Waals surface area contributed by atoms with Crippen molar-refractivity contribution in [3.05, 3.63) is 46.3 Å². The molecular formula is C15H18N2OS. The largest absolute Gasteiger partial charge is 0.357 e. The van der Waals surface area contributed by atoms with Crippen LogP contribution in [0.2, 0.25) is 0 Å². The van der Waals surface area contributed by atoms with Crippen LogP contribution in [0, 0.1) is 0 Å². The van der Waals surface area contributed by atoms with E-state index in [4.69, 9.17) is 0 Å². The minimum Gasteiger partial charge on any atom is -0.357 e. The third kappa shape index (κ3) is 3.41. The Morgan fingerprint density at radius 3 is 2.89 bits per heavy atom. The number of thiophene rings is 1. The number of likely N-dealkylation sites (N-methyl/N-ethyl adjacent to an activating group) is 1. The molecule has 0 spiro atoms. The Hall–Kier alpha value is -1.68. The molecule has 1 unspecified atom stereocenters. The Morgan fingerprint density at radius 2 is 2.26 bits per heavy atom. The minimum atomic E-state index is 0.0722. The van der Waals surface area contributed by atoms with Crippen LogP contribution in [-0.4, -0.2) is 23.9 Å². The number of pyridine rings is 1. The number of ketones is 1. The number of hydrogen-bond acceptors (Lipinski definition) is 4. The quantitative estimate of drug-likeness (QED) is 0.783. The molecule has 2 rings (SSSR count). The van der Waals surface area contributed by atoms with Gasteiger partial charge in [0, 0.05) is 36.1 Å². The molecule has 2 aromatic heterocycles. The maximum Gasteiger partial charge on any atom is 0.159 e. The number of Topliss-reactive ketones (excluding diaryl/α,β-unsaturated/α-hetero) is 1. The highest BCUT2D eigenvalue weighted by atomic mass is 32.1. The molecule has 0 aliphatic heterocycles. The summed E-state index contributed by atoms with van der Waals surface area (Å²) in [5.41, 5.74) is 0.708. The molecule has 0 aliphatic rings. The number of carbonyl (C=O) groups excluding carboxylic acids is 1. The van der Waals surface area contributed by atoms with E-state index in [1.165, 1.54) is 4.88 Å². The number of hydrogen-bond donors (Lipinski definition) is 0. The van der Waals surface area contributed by atoms with Crippen molar-refractivity contribution in [3.8, 4) is 0 Å². The van der Waals surface area contributed by atoms with E-state index < -0.39 is 0 Å². The Labute approximate surface area is 117 Å². The van der Waals surface area contributed by atoms with E-state index in [0.717, 1.165) is 12.2 Å². The SMILES string of the molecule is CC(=O)c1ccnc(N(C)C(C)Cc2cccs2)c1. The third-order valence-corrected chi connectivity index (χ3v) is 4.15. The van der Waals surface area contributed by atoms with Gasteiger partial charge in [0.05, 0.1) is 0 Å². The standard InChI is InChI=1S/C15H18N2OS/c1-11(9-14-5-4-8-19-14)17(3)15-10-13(12(2)18)6-7-16-15/h4-8,10-11H,9H2,1-3H3. The van der Waals surface area contributed by atoms with Crippen molar-refractivity contribution in [3.63, 3.8) is 0 Å². The van der Waals surface area contributed by atoms with Crippen molar-refractivity contribution in [2.24, 2.45) is 0 Å². The van der Waals surface area contributed by atoms with Gasteiger partial charge in [0.15, 0.2) is 5.78 Å². The molecule has 3 nitrogen and oxygen atoms in total. The second-order valence-electron chi connectivity index (χ2n) is 4.70. The normalized spacial score (nSPS) is 12.2. The Bertz CT molecular complexity index is 551. The van der Waals surface area contributed by atoms with Crippen molar-refractivity contribution in [2.75, 3.05) is 11.9 Å². The molecule has 0 bridgehead atoms. The smallest absolute Gasteiger partial charge is 0.159 e. The summed E-state index contributed by atoms with van der Waals surface area (Å²) in [5.74, 6) is 0.916. The average Bonchev–Trinajstić information content (AvgIpc) is 2.90. The second-order valence-corrected chi connectivity index (χ2v) is 5.73. The van der Waals surface area contributed by atoms with Gasteiger partial charge < -0.3 is 4.90 Å². The molecule has 0 saturated carbocycles. The lowest BCUT2D eigenvalue weighted by Gasteiger charge is -2.25. The summed E-state index contributed by atoms with van der Waals surface area (Å²) in [6.07, 6.45) is 2.68. The minimum absolute atomic E-state index is 0.0722. The van der Waals surface area contributed by atoms with Crippen LogP contribution in [0.25, 0.3) is 0 Å². The van der Waals surface area contributed by atoms with Crippen LogP contribution in [0.4, 0.5) is 5.82 Å². The average molecular weight is 274 g/mol. The van der Waals surface area contributed by atoms with Gasteiger partial charge in [0.2, 0.25) is 0 Å². The molecule has 2 heterocycles. The van der Waals surface area contributed by atoms with Crippen molar-refractivity contribution in [1.82, 2.24) is 4.98 Å². The van der Waals surface area contributed by atoms with E-state index in [-0.39, 0.29) is 5.78 Å². The van der Waals surface area contributed by atoms with E-state index in [0.29, 0.717) is 11.6 Å². The zero-order chi connectivity index (χ0) is 13.8. The summed E-state index contributed by atoms with van der Waals surface area (Å²) in [6.45, 7) is 3.75. The second kappa shape index (κ2) is 5.97. The van der Waals surface area contributed by atoms with Crippen LogP contribution in [0.15, 0.2) is 35.8 Å². The van der Waals surface area contributed by atoms with Gasteiger partial charge >= 0.3 is 0 Å². The Kier molecular flexibility index (Phi) is 4.32. The van der Waals surface area contributed by atoms with Crippen molar-refractivity contribution >= 4 is 22.9 Å². The van der Waals surface area contributed by atoms with Gasteiger partial charge in [-0.25, -0.2) is 4.98 Å². The molecule has 100 valence electrons. The van der Waals surface area contributed by atoms with Crippen LogP contribution in [0.5, 0.6) is 0 Å². The first kappa shape index (κ1) is 13.7. The summed E-state index contributed by atoms with van der Waals surface area (Å²) in [6, 6.07) is 8.17. The first-order valence-electron chi connectivity index (χ1n) is 6.30. The first-order valence-corrected chi connectivity index (χ1v) is 7.18. The number of aromatic nitrogens is 1. The van der Waals surface area contributed by atoms with Gasteiger partial charge in [-0.05, 0) is 37.4 Å². The Balaban J connectivity index is 2.12. The summed E-state index contributed by atoms with van der Waals surface area (Å²) < 4.78 is 0. The first-order chi connectivity index (χ1) is 9.08. The fraction of sp³-hybridized carbons (Fsp3) is 0.333. The molecular weight excluding hydrogens is 256 g/mol. The van der Waals surface area contributed by atoms with Crippen molar-refractivity contribution < 1.29 is 4.79 Å². The fourth-order valence-electron chi connectivity index (χ4n) is 1.91. The zero-order valence-corrected chi connectivity index (χ0v) is 12.3. The monoisotopic (exact) mass is 274 g/mol. The van der Waals surface area contributed by atoms with E-state index in [2.05, 4.69) is 34.3 Å². The summed E-state index contributed by atoms with van der Waals surface area (Å²) >= 11 is 1.77. The van der Waals surface area contributed by atoms with Crippen LogP contribution in [0.1, 0.15) is 29.1 Å². The van der Waals surface area contributed by atoms with Crippen LogP contribution in [-0.2, 0) is 6.42 Å². The predicted molar refractivity (Wildman–Crippen MR) is 80.1 cm³/mol. The van der Waals surface area contributed by atoms with Crippen molar-refractivity contribution in [2.45, 2.75) is 26.3 Å². The van der Waals surface area contributed by atoms with Crippen LogP contribution in [0.3, 0.4) is 0 Å². The Morgan fingerprint density at radius 1 is 1.47 bits per heavy atom. The molecule has 0 saturated heterocycles. The summed E-state index contributed by atoms with van der Waals surface area (Å²) in [5, 5.41) is 2.09. The highest BCUT2D eigenvalue weighted by Crippen LogP contribution is 2.18. The topological polar surface area (TPSA) is 33.2 Å². The maximum atomic E-state index is 11.4. The zero-order valence-electron chi connectivity index (χ0n) is 11.5. The van der Waals surface area contributed by atoms with Gasteiger partial charge in [-0.3, -0.25) is 4.79 Å². The van der Waals surface area contributed by atoms with E-state index in [9.17, 15) is 4.79 Å². The van der Waals surface area contributed by atoms with Gasteiger partial charge in [0.1, 0.15) is 5.82 Å². The fourth-order valence-corrected chi connectivity index (χ4v) is 2.74. The highest BCUT2D eigenvalue weighted by Gasteiger charge is 2.13. The predicted octanol–water partition coefficient (Wildman–Crippen LogP) is 3.41. The lowest BCUT2D eigenvalue weighted by molar-refractivity contribution is 0.101. The lowest BCUT2D eigenvalue weighted by atomic mass is 10.1. The van der Waals surface area contributed by atoms with Gasteiger partial charge in [-0.15, -0.1) is 11.3 Å². The highest BCUT2D eigenvalue weighted by molar-refractivity contribution is 7.09. The molecule has 4 heteroatoms. The molecule has 0 aromatic carbocycles. The molecule has 1 atom stereocenters. The van der Waals surface area contributed by atoms with Crippen LogP contribution < -0.4 is 4.90 Å². The molecule has 0 amide bonds. The number of nitrogens with zero attached hydrogens (tertiary/aromatic N) is 2. The lowest BCUT2D eigenvalue weighted by Crippen LogP contribution is -2.31. The molecule has 0 N–H and O–H groups in total. The van der Waals surface area contributed by atoms with Crippen LogP contribution >= 0.6 is 11.3 Å². The number of rotatable bonds is 5. The van der Waals surface area contributed by atoms with E-state index >= 15 is 0 Å². The third-order valence-electron chi connectivity index (χ3n) is 3.25. The number of anilines is 1.